The largest absolute Gasteiger partial charge is 0.494 e. The Morgan fingerprint density at radius 3 is 2.50 bits per heavy atom. The summed E-state index contributed by atoms with van der Waals surface area (Å²) in [5, 5.41) is 20.0. The summed E-state index contributed by atoms with van der Waals surface area (Å²) >= 11 is 0. The molecule has 0 heterocycles. The summed E-state index contributed by atoms with van der Waals surface area (Å²) < 4.78 is 5.52. The first-order valence-electron chi connectivity index (χ1n) is 5.80. The van der Waals surface area contributed by atoms with Gasteiger partial charge in [0.25, 0.3) is 0 Å². The number of hydrogen-bond donors (Lipinski definition) is 1. The fourth-order valence-corrected chi connectivity index (χ4v) is 1.23. The first-order valence-corrected chi connectivity index (χ1v) is 5.80. The Morgan fingerprint density at radius 1 is 1.28 bits per heavy atom. The van der Waals surface area contributed by atoms with Crippen LogP contribution in [0.25, 0.3) is 0 Å². The number of nitrogens with zero attached hydrogens (tertiary/aromatic N) is 2. The minimum absolute atomic E-state index is 0.0401. The monoisotopic (exact) mass is 241 g/mol. The van der Waals surface area contributed by atoms with Gasteiger partial charge in [0.2, 0.25) is 0 Å². The molecule has 0 spiro atoms. The van der Waals surface area contributed by atoms with Gasteiger partial charge in [0.05, 0.1) is 6.61 Å². The quantitative estimate of drug-likeness (QED) is 0.613. The summed E-state index contributed by atoms with van der Waals surface area (Å²) in [5.74, 6) is 0.818. The van der Waals surface area contributed by atoms with Gasteiger partial charge in [0, 0.05) is 11.9 Å². The zero-order valence-electron chi connectivity index (χ0n) is 10.3. The molecule has 0 atom stereocenters. The fraction of sp³-hybridized carbons (Fsp3) is 0.286. The van der Waals surface area contributed by atoms with Crippen LogP contribution in [0.4, 0.5) is 5.69 Å². The minimum Gasteiger partial charge on any atom is -0.494 e. The lowest BCUT2D eigenvalue weighted by atomic mass is 10.3. The van der Waals surface area contributed by atoms with Gasteiger partial charge in [0.1, 0.15) is 23.5 Å². The summed E-state index contributed by atoms with van der Waals surface area (Å²) in [6, 6.07) is 10.9. The van der Waals surface area contributed by atoms with E-state index in [1.54, 1.807) is 12.1 Å². The summed E-state index contributed by atoms with van der Waals surface area (Å²) in [7, 11) is 0. The van der Waals surface area contributed by atoms with Crippen molar-refractivity contribution in [2.75, 3.05) is 11.9 Å². The normalized spacial score (nSPS) is 8.83. The molecular weight excluding hydrogens is 226 g/mol. The Balaban J connectivity index is 2.53. The lowest BCUT2D eigenvalue weighted by molar-refractivity contribution is 0.309. The highest BCUT2D eigenvalue weighted by Crippen LogP contribution is 2.16. The van der Waals surface area contributed by atoms with Gasteiger partial charge in [-0.1, -0.05) is 13.3 Å². The number of benzene rings is 1. The second kappa shape index (κ2) is 7.76. The molecule has 0 bridgehead atoms. The topological polar surface area (TPSA) is 68.8 Å². The first kappa shape index (κ1) is 13.6. The van der Waals surface area contributed by atoms with Crippen LogP contribution in [0.1, 0.15) is 19.8 Å². The Labute approximate surface area is 107 Å². The number of ether oxygens (including phenoxy) is 1. The van der Waals surface area contributed by atoms with Gasteiger partial charge in [-0.3, -0.25) is 0 Å². The molecule has 0 unspecified atom stereocenters. The van der Waals surface area contributed by atoms with E-state index in [1.807, 2.05) is 24.3 Å². The molecule has 1 aromatic carbocycles. The number of rotatable bonds is 6. The molecule has 1 N–H and O–H groups in total. The van der Waals surface area contributed by atoms with Gasteiger partial charge in [-0.2, -0.15) is 10.5 Å². The van der Waals surface area contributed by atoms with Crippen LogP contribution in [0.15, 0.2) is 36.0 Å². The zero-order valence-corrected chi connectivity index (χ0v) is 10.3. The Morgan fingerprint density at radius 2 is 1.94 bits per heavy atom. The predicted molar refractivity (Wildman–Crippen MR) is 69.8 cm³/mol. The van der Waals surface area contributed by atoms with Crippen molar-refractivity contribution in [1.29, 1.82) is 10.5 Å². The van der Waals surface area contributed by atoms with E-state index in [4.69, 9.17) is 15.3 Å². The van der Waals surface area contributed by atoms with Crippen molar-refractivity contribution in [3.8, 4) is 17.9 Å². The van der Waals surface area contributed by atoms with Gasteiger partial charge >= 0.3 is 0 Å². The molecule has 0 radical (unpaired) electrons. The third-order valence-corrected chi connectivity index (χ3v) is 2.25. The Kier molecular flexibility index (Phi) is 5.86. The van der Waals surface area contributed by atoms with Crippen molar-refractivity contribution < 1.29 is 4.74 Å². The number of allylic oxidation sites excluding steroid dienone is 1. The van der Waals surface area contributed by atoms with E-state index < -0.39 is 0 Å². The van der Waals surface area contributed by atoms with E-state index >= 15 is 0 Å². The zero-order chi connectivity index (χ0) is 13.2. The summed E-state index contributed by atoms with van der Waals surface area (Å²) in [5.41, 5.74) is 0.846. The maximum atomic E-state index is 8.57. The molecule has 1 rings (SSSR count). The van der Waals surface area contributed by atoms with Crippen LogP contribution in [-0.2, 0) is 0 Å². The molecule has 18 heavy (non-hydrogen) atoms. The molecule has 92 valence electrons. The third-order valence-electron chi connectivity index (χ3n) is 2.25. The van der Waals surface area contributed by atoms with Crippen LogP contribution in [0.5, 0.6) is 5.75 Å². The van der Waals surface area contributed by atoms with E-state index in [9.17, 15) is 0 Å². The molecule has 0 aliphatic carbocycles. The number of unbranched alkanes of at least 4 members (excludes halogenated alkanes) is 1. The highest BCUT2D eigenvalue weighted by atomic mass is 16.5. The number of hydrogen-bond acceptors (Lipinski definition) is 4. The van der Waals surface area contributed by atoms with Gasteiger partial charge in [-0.25, -0.2) is 0 Å². The van der Waals surface area contributed by atoms with E-state index in [2.05, 4.69) is 12.2 Å². The fourth-order valence-electron chi connectivity index (χ4n) is 1.23. The van der Waals surface area contributed by atoms with Crippen LogP contribution in [-0.4, -0.2) is 6.61 Å². The molecule has 1 aromatic rings. The van der Waals surface area contributed by atoms with Gasteiger partial charge in [-0.05, 0) is 30.7 Å². The smallest absolute Gasteiger partial charge is 0.145 e. The molecule has 0 aromatic heterocycles. The van der Waals surface area contributed by atoms with Crippen molar-refractivity contribution in [3.63, 3.8) is 0 Å². The number of anilines is 1. The molecule has 0 fully saturated rings. The van der Waals surface area contributed by atoms with E-state index in [-0.39, 0.29) is 5.57 Å². The Hall–Kier alpha value is -2.46. The maximum Gasteiger partial charge on any atom is 0.145 e. The van der Waals surface area contributed by atoms with Gasteiger partial charge in [0.15, 0.2) is 0 Å². The molecular formula is C14H15N3O. The SMILES string of the molecule is CCCCOc1ccc(NC=C(C#N)C#N)cc1. The molecule has 0 aliphatic heterocycles. The predicted octanol–water partition coefficient (Wildman–Crippen LogP) is 3.21. The van der Waals surface area contributed by atoms with Crippen molar-refractivity contribution in [2.24, 2.45) is 0 Å². The third kappa shape index (κ3) is 4.59. The minimum atomic E-state index is 0.0401. The molecule has 0 amide bonds. The molecule has 4 heteroatoms. The van der Waals surface area contributed by atoms with Crippen LogP contribution in [0, 0.1) is 22.7 Å². The van der Waals surface area contributed by atoms with Crippen molar-refractivity contribution in [2.45, 2.75) is 19.8 Å². The average molecular weight is 241 g/mol. The second-order valence-electron chi connectivity index (χ2n) is 3.65. The molecule has 0 aliphatic rings. The van der Waals surface area contributed by atoms with Crippen LogP contribution < -0.4 is 10.1 Å². The number of nitrogens with one attached hydrogen (secondary N) is 1. The lowest BCUT2D eigenvalue weighted by Crippen LogP contribution is -1.96. The van der Waals surface area contributed by atoms with E-state index in [1.165, 1.54) is 6.20 Å². The molecule has 4 nitrogen and oxygen atoms in total. The second-order valence-corrected chi connectivity index (χ2v) is 3.65. The Bertz CT molecular complexity index is 461. The summed E-state index contributed by atoms with van der Waals surface area (Å²) in [6.45, 7) is 2.83. The van der Waals surface area contributed by atoms with Crippen molar-refractivity contribution >= 4 is 5.69 Å². The lowest BCUT2D eigenvalue weighted by Gasteiger charge is -2.06. The standard InChI is InChI=1S/C14H15N3O/c1-2-3-8-18-14-6-4-13(5-7-14)17-11-12(9-15)10-16/h4-7,11,17H,2-3,8H2,1H3. The highest BCUT2D eigenvalue weighted by Gasteiger charge is 1.95. The van der Waals surface area contributed by atoms with E-state index in [0.717, 1.165) is 30.9 Å². The van der Waals surface area contributed by atoms with Crippen LogP contribution >= 0.6 is 0 Å². The van der Waals surface area contributed by atoms with Crippen LogP contribution in [0.3, 0.4) is 0 Å². The maximum absolute atomic E-state index is 8.57. The summed E-state index contributed by atoms with van der Waals surface area (Å²) in [6.07, 6.45) is 3.53. The van der Waals surface area contributed by atoms with Gasteiger partial charge < -0.3 is 10.1 Å². The average Bonchev–Trinajstić information content (AvgIpc) is 2.42. The van der Waals surface area contributed by atoms with Gasteiger partial charge in [-0.15, -0.1) is 0 Å². The number of nitriles is 2. The highest BCUT2D eigenvalue weighted by molar-refractivity contribution is 5.51. The molecule has 0 saturated carbocycles. The van der Waals surface area contributed by atoms with Crippen LogP contribution in [0.2, 0.25) is 0 Å². The molecule has 0 saturated heterocycles. The first-order chi connectivity index (χ1) is 8.80. The summed E-state index contributed by atoms with van der Waals surface area (Å²) in [4.78, 5) is 0. The van der Waals surface area contributed by atoms with Crippen molar-refractivity contribution in [1.82, 2.24) is 0 Å². The van der Waals surface area contributed by atoms with Crippen molar-refractivity contribution in [3.05, 3.63) is 36.0 Å². The van der Waals surface area contributed by atoms with E-state index in [0.29, 0.717) is 0 Å².